The molecule has 1 aromatic carbocycles. The van der Waals surface area contributed by atoms with Gasteiger partial charge in [-0.05, 0) is 36.6 Å². The second-order valence-electron chi connectivity index (χ2n) is 4.76. The Hall–Kier alpha value is -1.85. The lowest BCUT2D eigenvalue weighted by Crippen LogP contribution is -2.37. The number of benzene rings is 1. The summed E-state index contributed by atoms with van der Waals surface area (Å²) in [6.07, 6.45) is 1.69. The summed E-state index contributed by atoms with van der Waals surface area (Å²) in [5.41, 5.74) is -1.17. The number of nitrogens with one attached hydrogen (secondary N) is 1. The highest BCUT2D eigenvalue weighted by Gasteiger charge is 2.19. The van der Waals surface area contributed by atoms with Crippen LogP contribution >= 0.6 is 0 Å². The molecule has 0 aliphatic rings. The van der Waals surface area contributed by atoms with E-state index in [1.165, 1.54) is 0 Å². The van der Waals surface area contributed by atoms with Crippen LogP contribution in [-0.4, -0.2) is 41.1 Å². The lowest BCUT2D eigenvalue weighted by atomic mass is 10.1. The fraction of sp³-hybridized carbons (Fsp3) is 0.357. The Kier molecular flexibility index (Phi) is 3.87. The highest BCUT2D eigenvalue weighted by atomic mass is 16.5. The van der Waals surface area contributed by atoms with Crippen molar-refractivity contribution in [2.24, 2.45) is 0 Å². The van der Waals surface area contributed by atoms with Crippen LogP contribution in [0.15, 0.2) is 30.5 Å². The molecule has 0 saturated carbocycles. The van der Waals surface area contributed by atoms with Crippen LogP contribution in [-0.2, 0) is 0 Å². The summed E-state index contributed by atoms with van der Waals surface area (Å²) in [6.45, 7) is 1.48. The molecule has 3 N–H and O–H groups in total. The quantitative estimate of drug-likeness (QED) is 0.759. The third-order valence-corrected chi connectivity index (χ3v) is 2.95. The lowest BCUT2D eigenvalue weighted by molar-refractivity contribution is 0.0132. The minimum Gasteiger partial charge on any atom is -0.497 e. The van der Waals surface area contributed by atoms with Gasteiger partial charge in [0.15, 0.2) is 0 Å². The minimum atomic E-state index is -1.17. The van der Waals surface area contributed by atoms with E-state index in [-0.39, 0.29) is 13.2 Å². The normalized spacial score (nSPS) is 14.1. The minimum absolute atomic E-state index is 0.224. The second kappa shape index (κ2) is 5.42. The Balaban J connectivity index is 2.29. The van der Waals surface area contributed by atoms with Gasteiger partial charge in [0.25, 0.3) is 0 Å². The van der Waals surface area contributed by atoms with E-state index in [1.54, 1.807) is 20.2 Å². The van der Waals surface area contributed by atoms with E-state index < -0.39 is 5.60 Å². The average molecular weight is 262 g/mol. The van der Waals surface area contributed by atoms with Crippen LogP contribution in [0.3, 0.4) is 0 Å². The van der Waals surface area contributed by atoms with Gasteiger partial charge in [0.1, 0.15) is 17.2 Å². The summed E-state index contributed by atoms with van der Waals surface area (Å²) in [7, 11) is 1.62. The van der Waals surface area contributed by atoms with Crippen molar-refractivity contribution in [3.8, 4) is 5.75 Å². The Bertz CT molecular complexity index is 570. The molecule has 0 amide bonds. The van der Waals surface area contributed by atoms with E-state index in [9.17, 15) is 5.11 Å². The molecule has 1 aromatic heterocycles. The maximum Gasteiger partial charge on any atom is 0.133 e. The van der Waals surface area contributed by atoms with Crippen LogP contribution in [0.25, 0.3) is 10.8 Å². The van der Waals surface area contributed by atoms with E-state index in [0.29, 0.717) is 5.82 Å². The third kappa shape index (κ3) is 3.13. The number of fused-ring (bicyclic) bond motifs is 1. The zero-order valence-corrected chi connectivity index (χ0v) is 11.1. The number of aliphatic hydroxyl groups excluding tert-OH is 1. The molecule has 1 atom stereocenters. The van der Waals surface area contributed by atoms with Crippen molar-refractivity contribution in [1.82, 2.24) is 4.98 Å². The predicted molar refractivity (Wildman–Crippen MR) is 74.5 cm³/mol. The largest absolute Gasteiger partial charge is 0.497 e. The highest BCUT2D eigenvalue weighted by Crippen LogP contribution is 2.25. The molecule has 0 fully saturated rings. The predicted octanol–water partition coefficient (Wildman–Crippen LogP) is 1.40. The van der Waals surface area contributed by atoms with Crippen LogP contribution in [0.5, 0.6) is 5.75 Å². The van der Waals surface area contributed by atoms with Crippen molar-refractivity contribution in [1.29, 1.82) is 0 Å². The van der Waals surface area contributed by atoms with Crippen molar-refractivity contribution < 1.29 is 14.9 Å². The fourth-order valence-electron chi connectivity index (χ4n) is 1.75. The fourth-order valence-corrected chi connectivity index (χ4v) is 1.75. The highest BCUT2D eigenvalue weighted by molar-refractivity contribution is 5.92. The summed E-state index contributed by atoms with van der Waals surface area (Å²) in [6, 6.07) is 7.59. The van der Waals surface area contributed by atoms with Gasteiger partial charge in [-0.25, -0.2) is 4.98 Å². The first-order valence-electron chi connectivity index (χ1n) is 6.05. The monoisotopic (exact) mass is 262 g/mol. The van der Waals surface area contributed by atoms with Gasteiger partial charge in [-0.3, -0.25) is 0 Å². The van der Waals surface area contributed by atoms with E-state index in [2.05, 4.69) is 10.3 Å². The summed E-state index contributed by atoms with van der Waals surface area (Å²) >= 11 is 0. The maximum atomic E-state index is 9.78. The van der Waals surface area contributed by atoms with Gasteiger partial charge in [0.05, 0.1) is 13.7 Å². The number of aromatic nitrogens is 1. The van der Waals surface area contributed by atoms with Gasteiger partial charge in [0, 0.05) is 18.1 Å². The number of pyridine rings is 1. The third-order valence-electron chi connectivity index (χ3n) is 2.95. The standard InChI is InChI=1S/C14H18N2O3/c1-14(18,9-17)8-16-13-12-4-3-11(19-2)7-10(12)5-6-15-13/h3-7,17-18H,8-9H2,1-2H3,(H,15,16). The van der Waals surface area contributed by atoms with Crippen LogP contribution < -0.4 is 10.1 Å². The average Bonchev–Trinajstić information content (AvgIpc) is 2.44. The summed E-state index contributed by atoms with van der Waals surface area (Å²) in [5, 5.41) is 23.8. The summed E-state index contributed by atoms with van der Waals surface area (Å²) < 4.78 is 5.18. The van der Waals surface area contributed by atoms with Gasteiger partial charge < -0.3 is 20.3 Å². The lowest BCUT2D eigenvalue weighted by Gasteiger charge is -2.21. The van der Waals surface area contributed by atoms with Crippen molar-refractivity contribution in [3.05, 3.63) is 30.5 Å². The molecule has 0 aliphatic heterocycles. The summed E-state index contributed by atoms with van der Waals surface area (Å²) in [4.78, 5) is 4.26. The molecule has 2 aromatic rings. The SMILES string of the molecule is COc1ccc2c(NCC(C)(O)CO)nccc2c1. The first-order valence-corrected chi connectivity index (χ1v) is 6.05. The van der Waals surface area contributed by atoms with Gasteiger partial charge in [-0.1, -0.05) is 0 Å². The molecule has 5 heteroatoms. The van der Waals surface area contributed by atoms with E-state index in [1.807, 2.05) is 24.3 Å². The van der Waals surface area contributed by atoms with Crippen molar-refractivity contribution >= 4 is 16.6 Å². The molecule has 0 spiro atoms. The van der Waals surface area contributed by atoms with Crippen LogP contribution in [0.1, 0.15) is 6.92 Å². The van der Waals surface area contributed by atoms with Crippen LogP contribution in [0.2, 0.25) is 0 Å². The van der Waals surface area contributed by atoms with Gasteiger partial charge in [-0.2, -0.15) is 0 Å². The number of ether oxygens (including phenoxy) is 1. The Morgan fingerprint density at radius 2 is 2.16 bits per heavy atom. The first kappa shape index (κ1) is 13.6. The van der Waals surface area contributed by atoms with E-state index in [4.69, 9.17) is 9.84 Å². The molecule has 19 heavy (non-hydrogen) atoms. The number of methoxy groups -OCH3 is 1. The number of aliphatic hydroxyl groups is 2. The van der Waals surface area contributed by atoms with Crippen LogP contribution in [0.4, 0.5) is 5.82 Å². The molecular formula is C14H18N2O3. The van der Waals surface area contributed by atoms with Gasteiger partial charge in [-0.15, -0.1) is 0 Å². The first-order chi connectivity index (χ1) is 9.05. The Morgan fingerprint density at radius 3 is 2.84 bits per heavy atom. The van der Waals surface area contributed by atoms with Crippen molar-refractivity contribution in [2.45, 2.75) is 12.5 Å². The topological polar surface area (TPSA) is 74.6 Å². The van der Waals surface area contributed by atoms with Gasteiger partial charge >= 0.3 is 0 Å². The van der Waals surface area contributed by atoms with Crippen molar-refractivity contribution in [2.75, 3.05) is 25.6 Å². The van der Waals surface area contributed by atoms with Gasteiger partial charge in [0.2, 0.25) is 0 Å². The Morgan fingerprint density at radius 1 is 1.37 bits per heavy atom. The van der Waals surface area contributed by atoms with E-state index >= 15 is 0 Å². The molecule has 1 heterocycles. The maximum absolute atomic E-state index is 9.78. The number of hydrogen-bond donors (Lipinski definition) is 3. The number of hydrogen-bond acceptors (Lipinski definition) is 5. The number of anilines is 1. The molecule has 0 radical (unpaired) electrons. The van der Waals surface area contributed by atoms with E-state index in [0.717, 1.165) is 16.5 Å². The van der Waals surface area contributed by atoms with Crippen molar-refractivity contribution in [3.63, 3.8) is 0 Å². The molecule has 102 valence electrons. The molecule has 0 aliphatic carbocycles. The zero-order valence-electron chi connectivity index (χ0n) is 11.1. The summed E-state index contributed by atoms with van der Waals surface area (Å²) in [5.74, 6) is 1.46. The zero-order chi connectivity index (χ0) is 13.9. The second-order valence-corrected chi connectivity index (χ2v) is 4.76. The van der Waals surface area contributed by atoms with Crippen LogP contribution in [0, 0.1) is 0 Å². The number of nitrogens with zero attached hydrogens (tertiary/aromatic N) is 1. The Labute approximate surface area is 111 Å². The molecule has 0 bridgehead atoms. The molecular weight excluding hydrogens is 244 g/mol. The molecule has 1 unspecified atom stereocenters. The molecule has 0 saturated heterocycles. The smallest absolute Gasteiger partial charge is 0.133 e. The molecule has 5 nitrogen and oxygen atoms in total. The number of rotatable bonds is 5. The molecule has 2 rings (SSSR count).